The molecule has 0 heterocycles. The van der Waals surface area contributed by atoms with Crippen molar-refractivity contribution < 1.29 is 18.1 Å². The van der Waals surface area contributed by atoms with Gasteiger partial charge in [-0.25, -0.2) is 0 Å². The van der Waals surface area contributed by atoms with Gasteiger partial charge in [-0.1, -0.05) is 18.7 Å². The van der Waals surface area contributed by atoms with Crippen LogP contribution >= 0.6 is 0 Å². The highest BCUT2D eigenvalue weighted by Gasteiger charge is 2.42. The van der Waals surface area contributed by atoms with E-state index in [1.807, 2.05) is 0 Å². The Kier molecular flexibility index (Phi) is 2.47. The van der Waals surface area contributed by atoms with Crippen molar-refractivity contribution in [1.29, 1.82) is 0 Å². The highest BCUT2D eigenvalue weighted by Crippen LogP contribution is 2.48. The van der Waals surface area contributed by atoms with Gasteiger partial charge >= 0.3 is 6.98 Å². The van der Waals surface area contributed by atoms with E-state index in [1.165, 1.54) is 0 Å². The van der Waals surface area contributed by atoms with Gasteiger partial charge in [0.15, 0.2) is 0 Å². The Morgan fingerprint density at radius 1 is 1.27 bits per heavy atom. The summed E-state index contributed by atoms with van der Waals surface area (Å²) in [7, 11) is 0. The standard InChI is InChI=1S/C6H11BF3O/c8-7(9,10)6-3-5(4-6)1-2-11/h5-6,11H,1-4H2/q-1. The van der Waals surface area contributed by atoms with Crippen molar-refractivity contribution in [3.05, 3.63) is 0 Å². The quantitative estimate of drug-likeness (QED) is 0.637. The number of halogens is 3. The van der Waals surface area contributed by atoms with Gasteiger partial charge < -0.3 is 18.1 Å². The average molecular weight is 167 g/mol. The van der Waals surface area contributed by atoms with Crippen LogP contribution in [-0.4, -0.2) is 18.7 Å². The molecule has 0 aliphatic heterocycles. The fourth-order valence-electron chi connectivity index (χ4n) is 1.51. The summed E-state index contributed by atoms with van der Waals surface area (Å²) in [5.41, 5.74) is 0. The number of aliphatic hydroxyl groups is 1. The number of rotatable bonds is 3. The maximum Gasteiger partial charge on any atom is 0.481 e. The van der Waals surface area contributed by atoms with E-state index in [4.69, 9.17) is 5.11 Å². The van der Waals surface area contributed by atoms with Crippen molar-refractivity contribution in [1.82, 2.24) is 0 Å². The summed E-state index contributed by atoms with van der Waals surface area (Å²) in [5, 5.41) is 8.41. The van der Waals surface area contributed by atoms with Crippen LogP contribution < -0.4 is 0 Å². The molecule has 0 aromatic carbocycles. The summed E-state index contributed by atoms with van der Waals surface area (Å²) in [5.74, 6) is -0.917. The van der Waals surface area contributed by atoms with Gasteiger partial charge in [0.05, 0.1) is 0 Å². The van der Waals surface area contributed by atoms with Crippen LogP contribution in [-0.2, 0) is 0 Å². The Balaban J connectivity index is 2.19. The molecular formula is C6H11BF3O-. The fourth-order valence-corrected chi connectivity index (χ4v) is 1.51. The van der Waals surface area contributed by atoms with Gasteiger partial charge in [-0.15, -0.1) is 0 Å². The zero-order valence-electron chi connectivity index (χ0n) is 6.14. The Hall–Kier alpha value is -0.185. The van der Waals surface area contributed by atoms with Gasteiger partial charge in [-0.05, 0) is 12.3 Å². The smallest absolute Gasteiger partial charge is 0.449 e. The molecule has 1 aliphatic carbocycles. The van der Waals surface area contributed by atoms with Gasteiger partial charge in [-0.2, -0.15) is 0 Å². The van der Waals surface area contributed by atoms with Gasteiger partial charge in [0.25, 0.3) is 0 Å². The van der Waals surface area contributed by atoms with Crippen molar-refractivity contribution in [3.8, 4) is 0 Å². The monoisotopic (exact) mass is 167 g/mol. The number of aliphatic hydroxyl groups excluding tert-OH is 1. The van der Waals surface area contributed by atoms with Crippen LogP contribution in [0.5, 0.6) is 0 Å². The van der Waals surface area contributed by atoms with Crippen LogP contribution in [0.15, 0.2) is 0 Å². The van der Waals surface area contributed by atoms with Gasteiger partial charge in [-0.3, -0.25) is 0 Å². The summed E-state index contributed by atoms with van der Waals surface area (Å²) < 4.78 is 35.7. The van der Waals surface area contributed by atoms with Gasteiger partial charge in [0.2, 0.25) is 0 Å². The van der Waals surface area contributed by atoms with Crippen LogP contribution in [0.4, 0.5) is 12.9 Å². The maximum absolute atomic E-state index is 11.9. The summed E-state index contributed by atoms with van der Waals surface area (Å²) in [4.78, 5) is 0. The van der Waals surface area contributed by atoms with E-state index in [0.29, 0.717) is 6.42 Å². The first kappa shape index (κ1) is 8.91. The summed E-state index contributed by atoms with van der Waals surface area (Å²) in [6.45, 7) is -4.59. The van der Waals surface area contributed by atoms with Crippen molar-refractivity contribution in [2.45, 2.75) is 25.1 Å². The minimum Gasteiger partial charge on any atom is -0.449 e. The molecule has 0 amide bonds. The van der Waals surface area contributed by atoms with E-state index in [9.17, 15) is 12.9 Å². The van der Waals surface area contributed by atoms with Crippen molar-refractivity contribution >= 4 is 6.98 Å². The maximum atomic E-state index is 11.9. The second kappa shape index (κ2) is 3.05. The molecule has 0 unspecified atom stereocenters. The van der Waals surface area contributed by atoms with E-state index < -0.39 is 12.8 Å². The molecule has 1 nitrogen and oxygen atoms in total. The van der Waals surface area contributed by atoms with Gasteiger partial charge in [0.1, 0.15) is 0 Å². The Morgan fingerprint density at radius 3 is 2.18 bits per heavy atom. The highest BCUT2D eigenvalue weighted by molar-refractivity contribution is 6.60. The normalized spacial score (nSPS) is 31.6. The Morgan fingerprint density at radius 2 is 1.82 bits per heavy atom. The molecule has 0 saturated heterocycles. The van der Waals surface area contributed by atoms with Crippen LogP contribution in [0.3, 0.4) is 0 Å². The van der Waals surface area contributed by atoms with Crippen LogP contribution in [0, 0.1) is 5.92 Å². The van der Waals surface area contributed by atoms with Crippen molar-refractivity contribution in [3.63, 3.8) is 0 Å². The molecule has 66 valence electrons. The Bertz CT molecular complexity index is 130. The molecular weight excluding hydrogens is 156 g/mol. The molecule has 0 spiro atoms. The summed E-state index contributed by atoms with van der Waals surface area (Å²) >= 11 is 0. The number of hydrogen-bond acceptors (Lipinski definition) is 1. The molecule has 0 atom stereocenters. The molecule has 0 aromatic heterocycles. The SMILES string of the molecule is OCCC1CC([B-](F)(F)F)C1. The van der Waals surface area contributed by atoms with E-state index in [0.717, 1.165) is 0 Å². The van der Waals surface area contributed by atoms with Gasteiger partial charge in [0, 0.05) is 6.61 Å². The predicted octanol–water partition coefficient (Wildman–Crippen LogP) is 2.00. The first-order valence-electron chi connectivity index (χ1n) is 3.85. The largest absolute Gasteiger partial charge is 0.481 e. The van der Waals surface area contributed by atoms with Crippen LogP contribution in [0.25, 0.3) is 0 Å². The third kappa shape index (κ3) is 2.12. The van der Waals surface area contributed by atoms with E-state index in [1.54, 1.807) is 0 Å². The van der Waals surface area contributed by atoms with E-state index >= 15 is 0 Å². The molecule has 1 aliphatic rings. The average Bonchev–Trinajstić information content (AvgIpc) is 1.74. The first-order chi connectivity index (χ1) is 5.04. The topological polar surface area (TPSA) is 20.2 Å². The van der Waals surface area contributed by atoms with Crippen LogP contribution in [0.1, 0.15) is 19.3 Å². The third-order valence-electron chi connectivity index (χ3n) is 2.34. The third-order valence-corrected chi connectivity index (χ3v) is 2.34. The van der Waals surface area contributed by atoms with Crippen molar-refractivity contribution in [2.75, 3.05) is 6.61 Å². The minimum absolute atomic E-state index is 0.0161. The lowest BCUT2D eigenvalue weighted by atomic mass is 9.56. The first-order valence-corrected chi connectivity index (χ1v) is 3.85. The molecule has 11 heavy (non-hydrogen) atoms. The zero-order valence-corrected chi connectivity index (χ0v) is 6.14. The second-order valence-corrected chi connectivity index (χ2v) is 3.24. The minimum atomic E-state index is -4.60. The lowest BCUT2D eigenvalue weighted by Crippen LogP contribution is -2.35. The molecule has 0 aromatic rings. The zero-order chi connectivity index (χ0) is 8.48. The van der Waals surface area contributed by atoms with Crippen molar-refractivity contribution in [2.24, 2.45) is 5.92 Å². The lowest BCUT2D eigenvalue weighted by Gasteiger charge is -2.41. The highest BCUT2D eigenvalue weighted by atomic mass is 19.4. The molecule has 1 saturated carbocycles. The molecule has 5 heteroatoms. The number of hydrogen-bond donors (Lipinski definition) is 1. The summed E-state index contributed by atoms with van der Waals surface area (Å²) in [6.07, 6.45) is 1.01. The predicted molar refractivity (Wildman–Crippen MR) is 37.3 cm³/mol. The molecule has 0 radical (unpaired) electrons. The molecule has 1 N–H and O–H groups in total. The summed E-state index contributed by atoms with van der Waals surface area (Å²) in [6, 6.07) is 0. The second-order valence-electron chi connectivity index (χ2n) is 3.24. The molecule has 1 rings (SSSR count). The lowest BCUT2D eigenvalue weighted by molar-refractivity contribution is 0.189. The molecule has 1 fully saturated rings. The van der Waals surface area contributed by atoms with Crippen LogP contribution in [0.2, 0.25) is 5.82 Å². The fraction of sp³-hybridized carbons (Fsp3) is 1.00. The molecule has 0 bridgehead atoms. The Labute approximate surface area is 63.7 Å². The van der Waals surface area contributed by atoms with E-state index in [-0.39, 0.29) is 25.4 Å². The van der Waals surface area contributed by atoms with E-state index in [2.05, 4.69) is 0 Å².